The van der Waals surface area contributed by atoms with E-state index in [4.69, 9.17) is 4.42 Å². The van der Waals surface area contributed by atoms with E-state index in [0.717, 1.165) is 25.7 Å². The molecule has 2 rings (SSSR count). The molecule has 1 heterocycles. The largest absolute Gasteiger partial charge is 0.472 e. The van der Waals surface area contributed by atoms with E-state index in [0.29, 0.717) is 5.78 Å². The lowest BCUT2D eigenvalue weighted by atomic mass is 9.67. The normalized spacial score (nSPS) is 29.6. The zero-order valence-electron chi connectivity index (χ0n) is 11.1. The fourth-order valence-corrected chi connectivity index (χ4v) is 2.95. The predicted octanol–water partition coefficient (Wildman–Crippen LogP) is 3.92. The van der Waals surface area contributed by atoms with Crippen LogP contribution in [0, 0.1) is 18.3 Å². The van der Waals surface area contributed by atoms with E-state index >= 15 is 0 Å². The maximum atomic E-state index is 12.3. The van der Waals surface area contributed by atoms with Crippen LogP contribution in [0.3, 0.4) is 0 Å². The molecule has 0 saturated heterocycles. The average molecular weight is 234 g/mol. The summed E-state index contributed by atoms with van der Waals surface area (Å²) in [5.41, 5.74) is 2.34. The molecule has 1 aromatic rings. The first-order valence-corrected chi connectivity index (χ1v) is 6.59. The molecule has 2 atom stereocenters. The minimum atomic E-state index is -0.110. The van der Waals surface area contributed by atoms with Gasteiger partial charge in [-0.2, -0.15) is 0 Å². The zero-order chi connectivity index (χ0) is 12.5. The molecule has 0 amide bonds. The van der Waals surface area contributed by atoms with Crippen LogP contribution >= 0.6 is 0 Å². The van der Waals surface area contributed by atoms with E-state index in [1.54, 1.807) is 6.26 Å². The molecule has 0 aliphatic heterocycles. The number of furan rings is 1. The second kappa shape index (κ2) is 4.67. The molecule has 0 spiro atoms. The molecule has 94 valence electrons. The summed E-state index contributed by atoms with van der Waals surface area (Å²) in [4.78, 5) is 12.3. The van der Waals surface area contributed by atoms with Crippen molar-refractivity contribution in [3.8, 4) is 0 Å². The quantitative estimate of drug-likeness (QED) is 0.793. The first kappa shape index (κ1) is 12.4. The van der Waals surface area contributed by atoms with Gasteiger partial charge in [0.2, 0.25) is 0 Å². The maximum Gasteiger partial charge on any atom is 0.141 e. The Labute approximate surface area is 103 Å². The van der Waals surface area contributed by atoms with Gasteiger partial charge in [-0.1, -0.05) is 20.3 Å². The van der Waals surface area contributed by atoms with Crippen molar-refractivity contribution in [3.05, 3.63) is 23.7 Å². The van der Waals surface area contributed by atoms with Crippen LogP contribution in [0.5, 0.6) is 0 Å². The van der Waals surface area contributed by atoms with Crippen molar-refractivity contribution in [2.45, 2.75) is 52.9 Å². The summed E-state index contributed by atoms with van der Waals surface area (Å²) in [6.45, 7) is 6.27. The van der Waals surface area contributed by atoms with Crippen LogP contribution in [-0.4, -0.2) is 5.78 Å². The third-order valence-corrected chi connectivity index (χ3v) is 4.32. The third kappa shape index (κ3) is 2.46. The highest BCUT2D eigenvalue weighted by atomic mass is 16.3. The molecular formula is C15H22O2. The van der Waals surface area contributed by atoms with Gasteiger partial charge in [0.15, 0.2) is 0 Å². The first-order chi connectivity index (χ1) is 8.03. The predicted molar refractivity (Wildman–Crippen MR) is 67.9 cm³/mol. The molecule has 2 unspecified atom stereocenters. The Morgan fingerprint density at radius 1 is 1.47 bits per heavy atom. The Balaban J connectivity index is 2.02. The summed E-state index contributed by atoms with van der Waals surface area (Å²) in [6.07, 6.45) is 8.81. The van der Waals surface area contributed by atoms with Crippen molar-refractivity contribution in [1.29, 1.82) is 0 Å². The molecule has 2 nitrogen and oxygen atoms in total. The van der Waals surface area contributed by atoms with E-state index in [1.165, 1.54) is 17.5 Å². The van der Waals surface area contributed by atoms with Gasteiger partial charge in [-0.15, -0.1) is 0 Å². The van der Waals surface area contributed by atoms with Crippen LogP contribution in [0.25, 0.3) is 0 Å². The van der Waals surface area contributed by atoms with E-state index < -0.39 is 0 Å². The topological polar surface area (TPSA) is 30.2 Å². The number of aryl methyl sites for hydroxylation is 2. The van der Waals surface area contributed by atoms with Gasteiger partial charge in [-0.05, 0) is 43.7 Å². The smallest absolute Gasteiger partial charge is 0.141 e. The first-order valence-electron chi connectivity index (χ1n) is 6.59. The van der Waals surface area contributed by atoms with Crippen LogP contribution < -0.4 is 0 Å². The molecule has 0 aromatic carbocycles. The van der Waals surface area contributed by atoms with Crippen molar-refractivity contribution in [1.82, 2.24) is 0 Å². The number of rotatable bonds is 3. The number of carbonyl (C=O) groups is 1. The van der Waals surface area contributed by atoms with Crippen molar-refractivity contribution >= 4 is 5.78 Å². The highest BCUT2D eigenvalue weighted by molar-refractivity contribution is 5.87. The van der Waals surface area contributed by atoms with Gasteiger partial charge in [0.05, 0.1) is 12.5 Å². The molecule has 1 aliphatic carbocycles. The molecule has 0 radical (unpaired) electrons. The van der Waals surface area contributed by atoms with Crippen LogP contribution in [0.4, 0.5) is 0 Å². The lowest BCUT2D eigenvalue weighted by Crippen LogP contribution is -2.36. The van der Waals surface area contributed by atoms with Gasteiger partial charge in [0, 0.05) is 11.3 Å². The molecular weight excluding hydrogens is 212 g/mol. The lowest BCUT2D eigenvalue weighted by Gasteiger charge is -2.35. The Morgan fingerprint density at radius 2 is 2.24 bits per heavy atom. The minimum Gasteiger partial charge on any atom is -0.472 e. The van der Waals surface area contributed by atoms with Gasteiger partial charge in [0.1, 0.15) is 5.78 Å². The van der Waals surface area contributed by atoms with Crippen LogP contribution in [0.1, 0.15) is 50.7 Å². The SMILES string of the molecule is Cc1cocc1CCC1(C)CCCC(C)C1=O. The van der Waals surface area contributed by atoms with Crippen molar-refractivity contribution in [2.24, 2.45) is 11.3 Å². The van der Waals surface area contributed by atoms with Gasteiger partial charge in [-0.3, -0.25) is 4.79 Å². The molecule has 1 fully saturated rings. The summed E-state index contributed by atoms with van der Waals surface area (Å²) >= 11 is 0. The lowest BCUT2D eigenvalue weighted by molar-refractivity contribution is -0.135. The molecule has 17 heavy (non-hydrogen) atoms. The molecule has 0 N–H and O–H groups in total. The van der Waals surface area contributed by atoms with Gasteiger partial charge >= 0.3 is 0 Å². The molecule has 1 saturated carbocycles. The minimum absolute atomic E-state index is 0.110. The maximum absolute atomic E-state index is 12.3. The number of hydrogen-bond acceptors (Lipinski definition) is 2. The molecule has 2 heteroatoms. The summed E-state index contributed by atoms with van der Waals surface area (Å²) in [5.74, 6) is 0.712. The van der Waals surface area contributed by atoms with Crippen LogP contribution in [0.2, 0.25) is 0 Å². The fourth-order valence-electron chi connectivity index (χ4n) is 2.95. The van der Waals surface area contributed by atoms with Gasteiger partial charge < -0.3 is 4.42 Å². The number of ketones is 1. The molecule has 0 bridgehead atoms. The number of Topliss-reactive ketones (excluding diaryl/α,β-unsaturated/α-hetero) is 1. The number of hydrogen-bond donors (Lipinski definition) is 0. The Morgan fingerprint density at radius 3 is 2.88 bits per heavy atom. The van der Waals surface area contributed by atoms with Crippen LogP contribution in [-0.2, 0) is 11.2 Å². The third-order valence-electron chi connectivity index (χ3n) is 4.32. The second-order valence-electron chi connectivity index (χ2n) is 5.80. The zero-order valence-corrected chi connectivity index (χ0v) is 11.1. The van der Waals surface area contributed by atoms with Crippen molar-refractivity contribution in [2.75, 3.05) is 0 Å². The van der Waals surface area contributed by atoms with E-state index in [1.807, 2.05) is 6.26 Å². The van der Waals surface area contributed by atoms with E-state index in [9.17, 15) is 4.79 Å². The molecule has 1 aliphatic rings. The highest BCUT2D eigenvalue weighted by Crippen LogP contribution is 2.39. The average Bonchev–Trinajstić information content (AvgIpc) is 2.69. The summed E-state index contributed by atoms with van der Waals surface area (Å²) in [7, 11) is 0. The van der Waals surface area contributed by atoms with Gasteiger partial charge in [-0.25, -0.2) is 0 Å². The summed E-state index contributed by atoms with van der Waals surface area (Å²) in [6, 6.07) is 0. The monoisotopic (exact) mass is 234 g/mol. The Bertz CT molecular complexity index is 405. The van der Waals surface area contributed by atoms with Gasteiger partial charge in [0.25, 0.3) is 0 Å². The highest BCUT2D eigenvalue weighted by Gasteiger charge is 2.38. The summed E-state index contributed by atoms with van der Waals surface area (Å²) in [5, 5.41) is 0. The number of carbonyl (C=O) groups excluding carboxylic acids is 1. The van der Waals surface area contributed by atoms with Crippen molar-refractivity contribution < 1.29 is 9.21 Å². The second-order valence-corrected chi connectivity index (χ2v) is 5.80. The van der Waals surface area contributed by atoms with E-state index in [2.05, 4.69) is 20.8 Å². The Kier molecular flexibility index (Phi) is 3.41. The fraction of sp³-hybridized carbons (Fsp3) is 0.667. The van der Waals surface area contributed by atoms with Crippen LogP contribution in [0.15, 0.2) is 16.9 Å². The summed E-state index contributed by atoms with van der Waals surface area (Å²) < 4.78 is 5.18. The molecule has 1 aromatic heterocycles. The van der Waals surface area contributed by atoms with E-state index in [-0.39, 0.29) is 11.3 Å². The van der Waals surface area contributed by atoms with Crippen molar-refractivity contribution in [3.63, 3.8) is 0 Å². The standard InChI is InChI=1S/C15H22O2/c1-11-5-4-7-15(3,14(11)16)8-6-13-10-17-9-12(13)2/h9-11H,4-8H2,1-3H3. The Hall–Kier alpha value is -1.05.